The lowest BCUT2D eigenvalue weighted by molar-refractivity contribution is 0.120. The second-order valence-corrected chi connectivity index (χ2v) is 9.59. The van der Waals surface area contributed by atoms with Gasteiger partial charge in [-0.15, -0.1) is 26.4 Å². The highest BCUT2D eigenvalue weighted by atomic mass is 32.1. The number of benzene rings is 1. The fourth-order valence-electron chi connectivity index (χ4n) is 5.07. The largest absolute Gasteiger partial charge is 0.368 e. The van der Waals surface area contributed by atoms with E-state index in [0.29, 0.717) is 28.6 Å². The minimum Gasteiger partial charge on any atom is -0.368 e. The molecule has 0 N–H and O–H groups in total. The first-order valence-electron chi connectivity index (χ1n) is 11.2. The summed E-state index contributed by atoms with van der Waals surface area (Å²) in [4.78, 5) is 9.62. The third kappa shape index (κ3) is 3.38. The fraction of sp³-hybridized carbons (Fsp3) is 0.333. The average molecular weight is 462 g/mol. The molecule has 7 nitrogen and oxygen atoms in total. The van der Waals surface area contributed by atoms with Gasteiger partial charge >= 0.3 is 0 Å². The predicted molar refractivity (Wildman–Crippen MR) is 129 cm³/mol. The molecule has 1 fully saturated rings. The number of hydrogen-bond donors (Lipinski definition) is 0. The van der Waals surface area contributed by atoms with E-state index >= 15 is 0 Å². The Morgan fingerprint density at radius 1 is 1.15 bits per heavy atom. The Balaban J connectivity index is 1.27. The van der Waals surface area contributed by atoms with Crippen LogP contribution in [0.1, 0.15) is 26.2 Å². The third-order valence-electron chi connectivity index (χ3n) is 7.00. The second kappa shape index (κ2) is 7.91. The van der Waals surface area contributed by atoms with Crippen molar-refractivity contribution in [3.05, 3.63) is 54.4 Å². The molecule has 0 amide bonds. The molecular formula is C24H24FN7S. The SMILES string of the molecule is CCC1CC(N(C)c2ccc(-c3ccc(-c4cnn(F)c4)c4ncsc34)nn2)CC2C=CN21. The molecule has 4 aromatic rings. The van der Waals surface area contributed by atoms with E-state index in [1.165, 1.54) is 12.4 Å². The molecule has 5 heterocycles. The summed E-state index contributed by atoms with van der Waals surface area (Å²) >= 11 is 1.55. The molecule has 3 unspecified atom stereocenters. The van der Waals surface area contributed by atoms with Crippen LogP contribution in [0.25, 0.3) is 32.6 Å². The van der Waals surface area contributed by atoms with Gasteiger partial charge in [-0.2, -0.15) is 5.10 Å². The zero-order chi connectivity index (χ0) is 22.5. The van der Waals surface area contributed by atoms with Crippen LogP contribution in [0.4, 0.5) is 10.3 Å². The highest BCUT2D eigenvalue weighted by Crippen LogP contribution is 2.37. The van der Waals surface area contributed by atoms with Crippen molar-refractivity contribution in [2.45, 2.75) is 44.3 Å². The standard InChI is InChI=1S/C24H24FN7S/c1-3-16-10-18(11-17-8-9-31(16)17)30(2)22-7-6-21(28-29-22)20-5-4-19(15-12-27-32(25)13-15)23-24(20)33-14-26-23/h4-9,12-14,16-18H,3,10-11H2,1-2H3. The summed E-state index contributed by atoms with van der Waals surface area (Å²) in [6.07, 6.45) is 10.8. The molecule has 6 rings (SSSR count). The molecule has 3 atom stereocenters. The molecule has 0 saturated carbocycles. The van der Waals surface area contributed by atoms with E-state index in [-0.39, 0.29) is 0 Å². The van der Waals surface area contributed by atoms with E-state index in [0.717, 1.165) is 52.1 Å². The van der Waals surface area contributed by atoms with Gasteiger partial charge in [-0.05, 0) is 43.7 Å². The first kappa shape index (κ1) is 20.3. The molecule has 1 aromatic carbocycles. The number of halogens is 1. The lowest BCUT2D eigenvalue weighted by Crippen LogP contribution is -2.55. The van der Waals surface area contributed by atoms with Crippen molar-refractivity contribution >= 4 is 27.4 Å². The normalized spacial score (nSPS) is 21.8. The van der Waals surface area contributed by atoms with Crippen molar-refractivity contribution < 1.29 is 4.48 Å². The van der Waals surface area contributed by atoms with E-state index < -0.39 is 0 Å². The minimum atomic E-state index is 0.315. The number of fused-ring (bicyclic) bond motifs is 2. The summed E-state index contributed by atoms with van der Waals surface area (Å²) in [5.41, 5.74) is 5.95. The summed E-state index contributed by atoms with van der Waals surface area (Å²) in [5.74, 6) is 0.892. The van der Waals surface area contributed by atoms with Gasteiger partial charge in [-0.25, -0.2) is 4.98 Å². The number of aromatic nitrogens is 5. The Kier molecular flexibility index (Phi) is 4.86. The van der Waals surface area contributed by atoms with Crippen molar-refractivity contribution in [3.63, 3.8) is 0 Å². The van der Waals surface area contributed by atoms with Crippen LogP contribution in [0.3, 0.4) is 0 Å². The number of rotatable bonds is 5. The van der Waals surface area contributed by atoms with Gasteiger partial charge in [0.15, 0.2) is 5.82 Å². The fourth-order valence-corrected chi connectivity index (χ4v) is 5.91. The molecule has 0 aliphatic carbocycles. The molecule has 1 saturated heterocycles. The van der Waals surface area contributed by atoms with Gasteiger partial charge in [0.1, 0.15) is 0 Å². The predicted octanol–water partition coefficient (Wildman–Crippen LogP) is 4.92. The number of nitrogens with zero attached hydrogens (tertiary/aromatic N) is 7. The topological polar surface area (TPSA) is 63.0 Å². The van der Waals surface area contributed by atoms with Crippen LogP contribution in [-0.2, 0) is 0 Å². The molecule has 168 valence electrons. The molecule has 3 aromatic heterocycles. The van der Waals surface area contributed by atoms with Gasteiger partial charge in [0, 0.05) is 35.8 Å². The van der Waals surface area contributed by atoms with E-state index in [1.54, 1.807) is 16.8 Å². The average Bonchev–Trinajstić information content (AvgIpc) is 3.48. The monoisotopic (exact) mass is 461 g/mol. The molecular weight excluding hydrogens is 437 g/mol. The van der Waals surface area contributed by atoms with Crippen LogP contribution in [0, 0.1) is 0 Å². The summed E-state index contributed by atoms with van der Waals surface area (Å²) in [7, 11) is 2.13. The first-order valence-corrected chi connectivity index (χ1v) is 12.1. The Bertz CT molecular complexity index is 1330. The second-order valence-electron chi connectivity index (χ2n) is 8.74. The van der Waals surface area contributed by atoms with Crippen LogP contribution in [-0.4, -0.2) is 55.3 Å². The van der Waals surface area contributed by atoms with Crippen LogP contribution in [0.2, 0.25) is 0 Å². The molecule has 9 heteroatoms. The quantitative estimate of drug-likeness (QED) is 0.420. The number of anilines is 1. The van der Waals surface area contributed by atoms with Crippen LogP contribution in [0.5, 0.6) is 0 Å². The molecule has 2 aliphatic rings. The zero-order valence-corrected chi connectivity index (χ0v) is 19.3. The summed E-state index contributed by atoms with van der Waals surface area (Å²) in [6, 6.07) is 9.62. The van der Waals surface area contributed by atoms with E-state index in [1.807, 2.05) is 18.2 Å². The van der Waals surface area contributed by atoms with Crippen molar-refractivity contribution in [3.8, 4) is 22.4 Å². The Labute approximate surface area is 195 Å². The van der Waals surface area contributed by atoms with Crippen molar-refractivity contribution in [2.24, 2.45) is 0 Å². The Hall–Kier alpha value is -3.33. The molecule has 33 heavy (non-hydrogen) atoms. The molecule has 0 bridgehead atoms. The maximum atomic E-state index is 13.4. The number of hydrogen-bond acceptors (Lipinski definition) is 7. The van der Waals surface area contributed by atoms with E-state index in [2.05, 4.69) is 62.4 Å². The summed E-state index contributed by atoms with van der Waals surface area (Å²) in [6.45, 7) is 2.26. The van der Waals surface area contributed by atoms with Crippen LogP contribution in [0.15, 0.2) is 54.4 Å². The van der Waals surface area contributed by atoms with Crippen LogP contribution < -0.4 is 4.90 Å². The van der Waals surface area contributed by atoms with E-state index in [4.69, 9.17) is 0 Å². The van der Waals surface area contributed by atoms with Gasteiger partial charge in [-0.3, -0.25) is 0 Å². The highest BCUT2D eigenvalue weighted by molar-refractivity contribution is 7.17. The van der Waals surface area contributed by atoms with Crippen molar-refractivity contribution in [1.82, 2.24) is 30.1 Å². The van der Waals surface area contributed by atoms with Gasteiger partial charge in [0.25, 0.3) is 0 Å². The molecule has 0 radical (unpaired) electrons. The summed E-state index contributed by atoms with van der Waals surface area (Å²) < 4.78 is 14.4. The Morgan fingerprint density at radius 3 is 2.73 bits per heavy atom. The van der Waals surface area contributed by atoms with Gasteiger partial charge < -0.3 is 9.80 Å². The van der Waals surface area contributed by atoms with E-state index in [9.17, 15) is 4.48 Å². The molecule has 2 aliphatic heterocycles. The van der Waals surface area contributed by atoms with Crippen molar-refractivity contribution in [2.75, 3.05) is 11.9 Å². The van der Waals surface area contributed by atoms with Gasteiger partial charge in [-0.1, -0.05) is 23.5 Å². The lowest BCUT2D eigenvalue weighted by Gasteiger charge is -2.50. The third-order valence-corrected chi connectivity index (χ3v) is 7.86. The van der Waals surface area contributed by atoms with Gasteiger partial charge in [0.05, 0.1) is 39.9 Å². The summed E-state index contributed by atoms with van der Waals surface area (Å²) in [5, 5.41) is 12.8. The highest BCUT2D eigenvalue weighted by Gasteiger charge is 2.37. The zero-order valence-electron chi connectivity index (χ0n) is 18.5. The van der Waals surface area contributed by atoms with Crippen molar-refractivity contribution in [1.29, 1.82) is 0 Å². The Morgan fingerprint density at radius 2 is 2.03 bits per heavy atom. The minimum absolute atomic E-state index is 0.315. The molecule has 0 spiro atoms. The van der Waals surface area contributed by atoms with Gasteiger partial charge in [0.2, 0.25) is 0 Å². The maximum Gasteiger partial charge on any atom is 0.151 e. The van der Waals surface area contributed by atoms with Crippen LogP contribution >= 0.6 is 11.3 Å². The number of thiazole rings is 1. The number of piperidine rings is 1. The maximum absolute atomic E-state index is 13.4. The smallest absolute Gasteiger partial charge is 0.151 e. The lowest BCUT2D eigenvalue weighted by atomic mass is 9.86. The first-order chi connectivity index (χ1) is 16.1.